The van der Waals surface area contributed by atoms with Gasteiger partial charge in [-0.25, -0.2) is 0 Å². The van der Waals surface area contributed by atoms with Crippen LogP contribution in [-0.2, 0) is 19.1 Å². The lowest BCUT2D eigenvalue weighted by Crippen LogP contribution is -2.68. The number of Topliss-reactive ketones (excluding diaryl/α,β-unsaturated/α-hetero) is 2. The number of hydrogen-bond acceptors (Lipinski definition) is 5. The van der Waals surface area contributed by atoms with Gasteiger partial charge in [0.25, 0.3) is 0 Å². The number of allylic oxidation sites excluding steroid dienone is 2. The molecule has 0 bridgehead atoms. The van der Waals surface area contributed by atoms with Crippen LogP contribution in [0.5, 0.6) is 0 Å². The highest BCUT2D eigenvalue weighted by Crippen LogP contribution is 2.75. The Bertz CT molecular complexity index is 1110. The second-order valence-corrected chi connectivity index (χ2v) is 15.0. The van der Waals surface area contributed by atoms with E-state index in [-0.39, 0.29) is 74.0 Å². The van der Waals surface area contributed by atoms with E-state index in [0.29, 0.717) is 18.6 Å². The first-order valence-electron chi connectivity index (χ1n) is 14.4. The van der Waals surface area contributed by atoms with Crippen molar-refractivity contribution in [3.05, 3.63) is 11.6 Å². The third-order valence-electron chi connectivity index (χ3n) is 13.0. The van der Waals surface area contributed by atoms with Crippen LogP contribution < -0.4 is 0 Å². The first kappa shape index (κ1) is 26.6. The number of carbonyl (C=O) groups excluding carboxylic acids is 3. The van der Waals surface area contributed by atoms with Crippen molar-refractivity contribution >= 4 is 17.5 Å². The minimum absolute atomic E-state index is 0.0329. The highest BCUT2D eigenvalue weighted by Gasteiger charge is 2.71. The second-order valence-electron chi connectivity index (χ2n) is 15.0. The molecule has 202 valence electrons. The normalized spacial score (nSPS) is 48.4. The molecule has 5 aliphatic carbocycles. The van der Waals surface area contributed by atoms with Gasteiger partial charge in [0.1, 0.15) is 11.9 Å². The van der Waals surface area contributed by atoms with Crippen LogP contribution in [0.1, 0.15) is 99.3 Å². The Hall–Kier alpha value is -1.96. The minimum Gasteiger partial charge on any atom is -0.469 e. The van der Waals surface area contributed by atoms with Crippen molar-refractivity contribution < 1.29 is 19.1 Å². The lowest BCUT2D eigenvalue weighted by atomic mass is 9.32. The summed E-state index contributed by atoms with van der Waals surface area (Å²) in [6.45, 7) is 13.6. The maximum absolute atomic E-state index is 14.4. The third-order valence-corrected chi connectivity index (χ3v) is 13.0. The largest absolute Gasteiger partial charge is 0.469 e. The number of rotatable bonds is 2. The predicted octanol–water partition coefficient (Wildman–Crippen LogP) is 6.46. The molecule has 0 aromatic rings. The van der Waals surface area contributed by atoms with Crippen molar-refractivity contribution in [1.82, 2.24) is 0 Å². The van der Waals surface area contributed by atoms with Crippen LogP contribution in [0.3, 0.4) is 0 Å². The van der Waals surface area contributed by atoms with Crippen molar-refractivity contribution in [2.75, 3.05) is 7.11 Å². The van der Waals surface area contributed by atoms with Gasteiger partial charge in [-0.15, -0.1) is 0 Å². The molecule has 5 nitrogen and oxygen atoms in total. The molecule has 0 aromatic carbocycles. The van der Waals surface area contributed by atoms with Gasteiger partial charge in [0.15, 0.2) is 5.78 Å². The lowest BCUT2D eigenvalue weighted by molar-refractivity contribution is -0.221. The number of ether oxygens (including phenoxy) is 1. The van der Waals surface area contributed by atoms with Gasteiger partial charge >= 0.3 is 5.97 Å². The summed E-state index contributed by atoms with van der Waals surface area (Å²) >= 11 is 0. The van der Waals surface area contributed by atoms with E-state index in [0.717, 1.165) is 44.9 Å². The minimum atomic E-state index is -0.346. The number of hydrogen-bond donors (Lipinski definition) is 0. The monoisotopic (exact) mass is 507 g/mol. The topological polar surface area (TPSA) is 84.2 Å². The van der Waals surface area contributed by atoms with Crippen LogP contribution in [0.15, 0.2) is 11.6 Å². The van der Waals surface area contributed by atoms with Crippen molar-refractivity contribution in [2.24, 2.45) is 56.7 Å². The number of methoxy groups -OCH3 is 1. The van der Waals surface area contributed by atoms with Gasteiger partial charge in [-0.2, -0.15) is 5.26 Å². The molecule has 0 radical (unpaired) electrons. The Morgan fingerprint density at radius 3 is 2.35 bits per heavy atom. The lowest BCUT2D eigenvalue weighted by Gasteiger charge is -2.71. The van der Waals surface area contributed by atoms with Crippen LogP contribution >= 0.6 is 0 Å². The third kappa shape index (κ3) is 3.49. The van der Waals surface area contributed by atoms with Gasteiger partial charge < -0.3 is 4.74 Å². The summed E-state index contributed by atoms with van der Waals surface area (Å²) in [6.07, 6.45) is 9.76. The van der Waals surface area contributed by atoms with Crippen molar-refractivity contribution in [3.63, 3.8) is 0 Å². The Balaban J connectivity index is 1.61. The highest BCUT2D eigenvalue weighted by atomic mass is 16.5. The molecule has 0 N–H and O–H groups in total. The first-order valence-corrected chi connectivity index (χ1v) is 14.4. The molecule has 4 unspecified atom stereocenters. The number of esters is 1. The van der Waals surface area contributed by atoms with Gasteiger partial charge in [-0.05, 0) is 89.8 Å². The first-order chi connectivity index (χ1) is 17.2. The van der Waals surface area contributed by atoms with Crippen molar-refractivity contribution in [3.8, 4) is 6.07 Å². The molecule has 0 aliphatic heterocycles. The van der Waals surface area contributed by atoms with Gasteiger partial charge in [0.2, 0.25) is 0 Å². The van der Waals surface area contributed by atoms with E-state index in [9.17, 15) is 19.6 Å². The molecule has 0 amide bonds. The average Bonchev–Trinajstić information content (AvgIpc) is 2.83. The number of carbonyl (C=O) groups is 3. The van der Waals surface area contributed by atoms with E-state index in [2.05, 4.69) is 40.7 Å². The Morgan fingerprint density at radius 2 is 1.70 bits per heavy atom. The van der Waals surface area contributed by atoms with Crippen LogP contribution in [0.2, 0.25) is 0 Å². The molecule has 0 heterocycles. The molecule has 0 spiro atoms. The van der Waals surface area contributed by atoms with Crippen molar-refractivity contribution in [1.29, 1.82) is 5.26 Å². The standard InChI is InChI=1S/C32H45NO4/c1-19-21-8-9-30(5)24(29(21,4)15-20(18-33)27(19)36)14-23(34)26-22-16-28(2,3)10-12-32(22,17-25(35)37-7)13-11-31(26,30)6/h15,19,21-22,24,26H,8-14,16-17H2,1-7H3/t19-,21?,22?,24?,26?,29+,30-,31-,32-/m1/s1. The summed E-state index contributed by atoms with van der Waals surface area (Å²) < 4.78 is 5.17. The number of nitriles is 1. The van der Waals surface area contributed by atoms with E-state index in [1.165, 1.54) is 7.11 Å². The summed E-state index contributed by atoms with van der Waals surface area (Å²) in [5, 5.41) is 9.79. The Kier molecular flexibility index (Phi) is 5.95. The van der Waals surface area contributed by atoms with Gasteiger partial charge in [0.05, 0.1) is 19.1 Å². The summed E-state index contributed by atoms with van der Waals surface area (Å²) in [4.78, 5) is 40.0. The zero-order chi connectivity index (χ0) is 27.2. The molecule has 5 rings (SSSR count). The van der Waals surface area contributed by atoms with Crippen LogP contribution in [0.4, 0.5) is 0 Å². The summed E-state index contributed by atoms with van der Waals surface area (Å²) in [5.74, 6) is 0.372. The fraction of sp³-hybridized carbons (Fsp3) is 0.812. The zero-order valence-electron chi connectivity index (χ0n) is 23.9. The average molecular weight is 508 g/mol. The maximum Gasteiger partial charge on any atom is 0.306 e. The zero-order valence-corrected chi connectivity index (χ0v) is 23.9. The molecule has 4 saturated carbocycles. The predicted molar refractivity (Wildman–Crippen MR) is 141 cm³/mol. The van der Waals surface area contributed by atoms with E-state index >= 15 is 0 Å². The van der Waals surface area contributed by atoms with Gasteiger partial charge in [-0.3, -0.25) is 14.4 Å². The Labute approximate surface area is 222 Å². The maximum atomic E-state index is 14.4. The molecule has 9 atom stereocenters. The number of fused-ring (bicyclic) bond motifs is 7. The molecule has 0 aromatic heterocycles. The second kappa shape index (κ2) is 8.27. The van der Waals surface area contributed by atoms with Gasteiger partial charge in [0, 0.05) is 18.3 Å². The smallest absolute Gasteiger partial charge is 0.306 e. The molecule has 37 heavy (non-hydrogen) atoms. The van der Waals surface area contributed by atoms with E-state index in [1.54, 1.807) is 0 Å². The number of nitrogens with zero attached hydrogens (tertiary/aromatic N) is 1. The van der Waals surface area contributed by atoms with Crippen molar-refractivity contribution in [2.45, 2.75) is 99.3 Å². The highest BCUT2D eigenvalue weighted by molar-refractivity contribution is 6.01. The van der Waals surface area contributed by atoms with E-state index in [1.807, 2.05) is 13.0 Å². The van der Waals surface area contributed by atoms with Gasteiger partial charge in [-0.1, -0.05) is 47.6 Å². The summed E-state index contributed by atoms with van der Waals surface area (Å²) in [5.41, 5.74) is -0.330. The molecular formula is C32H45NO4. The fourth-order valence-electron chi connectivity index (χ4n) is 10.7. The van der Waals surface area contributed by atoms with E-state index < -0.39 is 0 Å². The molecule has 0 saturated heterocycles. The summed E-state index contributed by atoms with van der Waals surface area (Å²) in [7, 11) is 1.48. The quantitative estimate of drug-likeness (QED) is 0.401. The summed E-state index contributed by atoms with van der Waals surface area (Å²) in [6, 6.07) is 2.19. The van der Waals surface area contributed by atoms with Crippen LogP contribution in [0.25, 0.3) is 0 Å². The molecule has 5 aliphatic rings. The SMILES string of the molecule is COC(=O)C[C@]12CCC(C)(C)CC1C1C(=O)CC3[C@@]4(C)C=C(C#N)C(=O)[C@H](C)C4CC[C@@]3(C)[C@]1(C)CC2. The number of ketones is 2. The van der Waals surface area contributed by atoms with E-state index in [4.69, 9.17) is 4.74 Å². The van der Waals surface area contributed by atoms with Crippen LogP contribution in [-0.4, -0.2) is 24.6 Å². The molecular weight excluding hydrogens is 462 g/mol. The van der Waals surface area contributed by atoms with Crippen LogP contribution in [0, 0.1) is 68.0 Å². The molecule has 4 fully saturated rings. The Morgan fingerprint density at radius 1 is 1.03 bits per heavy atom. The molecule has 5 heteroatoms. The fourth-order valence-corrected chi connectivity index (χ4v) is 10.7.